The van der Waals surface area contributed by atoms with Crippen molar-refractivity contribution in [1.29, 1.82) is 0 Å². The lowest BCUT2D eigenvalue weighted by Gasteiger charge is -2.23. The lowest BCUT2D eigenvalue weighted by molar-refractivity contribution is -0.122. The van der Waals surface area contributed by atoms with Gasteiger partial charge in [-0.05, 0) is 37.5 Å². The number of hydrogen-bond donors (Lipinski definition) is 2. The summed E-state index contributed by atoms with van der Waals surface area (Å²) in [6.07, 6.45) is 1.41. The van der Waals surface area contributed by atoms with Crippen LogP contribution >= 0.6 is 0 Å². The Bertz CT molecular complexity index is 613. The highest BCUT2D eigenvalue weighted by atomic mass is 32.2. The molecule has 0 aliphatic carbocycles. The lowest BCUT2D eigenvalue weighted by atomic mass is 10.0. The maximum atomic E-state index is 11.9. The number of hydrogen-bond acceptors (Lipinski definition) is 4. The van der Waals surface area contributed by atoms with E-state index in [9.17, 15) is 13.2 Å². The Labute approximate surface area is 119 Å². The zero-order valence-corrected chi connectivity index (χ0v) is 12.4. The number of nitrogens with two attached hydrogens (primary N) is 1. The van der Waals surface area contributed by atoms with Crippen LogP contribution in [0.15, 0.2) is 24.3 Å². The minimum Gasteiger partial charge on any atom is -0.399 e. The van der Waals surface area contributed by atoms with E-state index in [4.69, 9.17) is 5.73 Å². The van der Waals surface area contributed by atoms with Gasteiger partial charge in [-0.2, -0.15) is 0 Å². The number of amides is 1. The van der Waals surface area contributed by atoms with Gasteiger partial charge in [-0.25, -0.2) is 8.42 Å². The van der Waals surface area contributed by atoms with Crippen LogP contribution in [0.3, 0.4) is 0 Å². The van der Waals surface area contributed by atoms with Gasteiger partial charge in [0.05, 0.1) is 17.0 Å². The molecule has 3 N–H and O–H groups in total. The number of anilines is 1. The highest BCUT2D eigenvalue weighted by molar-refractivity contribution is 7.91. The Morgan fingerprint density at radius 2 is 2.20 bits per heavy atom. The van der Waals surface area contributed by atoms with Crippen molar-refractivity contribution >= 4 is 21.4 Å². The molecule has 0 bridgehead atoms. The van der Waals surface area contributed by atoms with Gasteiger partial charge in [-0.1, -0.05) is 12.1 Å². The SMILES string of the molecule is CC1(NC(=O)CCc2cccc(N)c2)CCS(=O)(=O)C1. The van der Waals surface area contributed by atoms with Crippen LogP contribution in [0.25, 0.3) is 0 Å². The fourth-order valence-corrected chi connectivity index (χ4v) is 4.61. The minimum absolute atomic E-state index is 0.0318. The third-order valence-electron chi connectivity index (χ3n) is 3.54. The molecule has 1 heterocycles. The van der Waals surface area contributed by atoms with Gasteiger partial charge in [0.25, 0.3) is 0 Å². The first-order valence-electron chi connectivity index (χ1n) is 6.64. The zero-order chi connectivity index (χ0) is 14.8. The van der Waals surface area contributed by atoms with Crippen molar-refractivity contribution in [3.63, 3.8) is 0 Å². The normalized spacial score (nSPS) is 24.4. The Balaban J connectivity index is 1.87. The molecule has 0 radical (unpaired) electrons. The highest BCUT2D eigenvalue weighted by Crippen LogP contribution is 2.23. The third-order valence-corrected chi connectivity index (χ3v) is 5.44. The van der Waals surface area contributed by atoms with Crippen molar-refractivity contribution in [3.05, 3.63) is 29.8 Å². The van der Waals surface area contributed by atoms with Crippen LogP contribution in [0.4, 0.5) is 5.69 Å². The van der Waals surface area contributed by atoms with Gasteiger partial charge in [-0.3, -0.25) is 4.79 Å². The predicted octanol–water partition coefficient (Wildman–Crippen LogP) is 0.895. The molecule has 1 aliphatic heterocycles. The lowest BCUT2D eigenvalue weighted by Crippen LogP contribution is -2.47. The van der Waals surface area contributed by atoms with Gasteiger partial charge >= 0.3 is 0 Å². The Hall–Kier alpha value is -1.56. The smallest absolute Gasteiger partial charge is 0.220 e. The van der Waals surface area contributed by atoms with E-state index in [-0.39, 0.29) is 17.4 Å². The summed E-state index contributed by atoms with van der Waals surface area (Å²) in [4.78, 5) is 11.9. The van der Waals surface area contributed by atoms with Crippen molar-refractivity contribution in [2.75, 3.05) is 17.2 Å². The van der Waals surface area contributed by atoms with Crippen LogP contribution in [0, 0.1) is 0 Å². The molecule has 2 rings (SSSR count). The van der Waals surface area contributed by atoms with Crippen LogP contribution < -0.4 is 11.1 Å². The molecule has 0 spiro atoms. The van der Waals surface area contributed by atoms with Gasteiger partial charge in [-0.15, -0.1) is 0 Å². The van der Waals surface area contributed by atoms with Crippen molar-refractivity contribution < 1.29 is 13.2 Å². The molecule has 20 heavy (non-hydrogen) atoms. The number of benzene rings is 1. The molecule has 0 aromatic heterocycles. The summed E-state index contributed by atoms with van der Waals surface area (Å²) in [5.74, 6) is 0.0651. The van der Waals surface area contributed by atoms with Crippen LogP contribution in [-0.2, 0) is 21.1 Å². The van der Waals surface area contributed by atoms with Crippen molar-refractivity contribution in [2.24, 2.45) is 0 Å². The molecule has 1 unspecified atom stereocenters. The molecule has 1 atom stereocenters. The van der Waals surface area contributed by atoms with E-state index in [2.05, 4.69) is 5.32 Å². The summed E-state index contributed by atoms with van der Waals surface area (Å²) in [7, 11) is -3.00. The summed E-state index contributed by atoms with van der Waals surface area (Å²) in [6, 6.07) is 7.42. The number of aryl methyl sites for hydroxylation is 1. The van der Waals surface area contributed by atoms with E-state index in [1.54, 1.807) is 13.0 Å². The van der Waals surface area contributed by atoms with E-state index in [1.807, 2.05) is 18.2 Å². The fraction of sp³-hybridized carbons (Fsp3) is 0.500. The molecule has 1 amide bonds. The molecular formula is C14H20N2O3S. The molecule has 1 aromatic carbocycles. The largest absolute Gasteiger partial charge is 0.399 e. The number of nitrogen functional groups attached to an aromatic ring is 1. The standard InChI is InChI=1S/C14H20N2O3S/c1-14(7-8-20(18,19)10-14)16-13(17)6-5-11-3-2-4-12(15)9-11/h2-4,9H,5-8,10,15H2,1H3,(H,16,17). The highest BCUT2D eigenvalue weighted by Gasteiger charge is 2.39. The van der Waals surface area contributed by atoms with E-state index >= 15 is 0 Å². The van der Waals surface area contributed by atoms with E-state index < -0.39 is 15.4 Å². The monoisotopic (exact) mass is 296 g/mol. The van der Waals surface area contributed by atoms with Crippen LogP contribution in [0.5, 0.6) is 0 Å². The molecule has 1 aromatic rings. The molecular weight excluding hydrogens is 276 g/mol. The molecule has 110 valence electrons. The topological polar surface area (TPSA) is 89.3 Å². The first-order valence-corrected chi connectivity index (χ1v) is 8.46. The third kappa shape index (κ3) is 3.96. The zero-order valence-electron chi connectivity index (χ0n) is 11.6. The number of sulfone groups is 1. The van der Waals surface area contributed by atoms with E-state index in [0.717, 1.165) is 5.56 Å². The average molecular weight is 296 g/mol. The number of carbonyl (C=O) groups excluding carboxylic acids is 1. The Morgan fingerprint density at radius 1 is 1.45 bits per heavy atom. The number of rotatable bonds is 4. The number of carbonyl (C=O) groups is 1. The molecule has 0 saturated carbocycles. The van der Waals surface area contributed by atoms with Crippen molar-refractivity contribution in [1.82, 2.24) is 5.32 Å². The Morgan fingerprint density at radius 3 is 2.80 bits per heavy atom. The molecule has 1 saturated heterocycles. The second-order valence-electron chi connectivity index (χ2n) is 5.70. The van der Waals surface area contributed by atoms with Crippen LogP contribution in [0.2, 0.25) is 0 Å². The minimum atomic E-state index is -3.00. The summed E-state index contributed by atoms with van der Waals surface area (Å²) in [5.41, 5.74) is 6.74. The molecule has 1 aliphatic rings. The summed E-state index contributed by atoms with van der Waals surface area (Å²) < 4.78 is 23.0. The van der Waals surface area contributed by atoms with Crippen LogP contribution in [-0.4, -0.2) is 31.4 Å². The van der Waals surface area contributed by atoms with E-state index in [0.29, 0.717) is 24.9 Å². The quantitative estimate of drug-likeness (QED) is 0.808. The molecule has 1 fully saturated rings. The fourth-order valence-electron chi connectivity index (χ4n) is 2.51. The van der Waals surface area contributed by atoms with Crippen molar-refractivity contribution in [3.8, 4) is 0 Å². The summed E-state index contributed by atoms with van der Waals surface area (Å²) in [5, 5.41) is 2.85. The first kappa shape index (κ1) is 14.8. The second kappa shape index (κ2) is 5.44. The summed E-state index contributed by atoms with van der Waals surface area (Å²) >= 11 is 0. The van der Waals surface area contributed by atoms with Crippen LogP contribution in [0.1, 0.15) is 25.3 Å². The maximum absolute atomic E-state index is 11.9. The molecule has 6 heteroatoms. The van der Waals surface area contributed by atoms with Gasteiger partial charge in [0.15, 0.2) is 9.84 Å². The summed E-state index contributed by atoms with van der Waals surface area (Å²) in [6.45, 7) is 1.79. The van der Waals surface area contributed by atoms with Gasteiger partial charge < -0.3 is 11.1 Å². The van der Waals surface area contributed by atoms with Crippen molar-refractivity contribution in [2.45, 2.75) is 31.7 Å². The predicted molar refractivity (Wildman–Crippen MR) is 79.0 cm³/mol. The second-order valence-corrected chi connectivity index (χ2v) is 7.88. The average Bonchev–Trinajstić information content (AvgIpc) is 2.61. The maximum Gasteiger partial charge on any atom is 0.220 e. The van der Waals surface area contributed by atoms with Gasteiger partial charge in [0, 0.05) is 12.1 Å². The Kier molecular flexibility index (Phi) is 4.04. The number of nitrogens with one attached hydrogen (secondary N) is 1. The van der Waals surface area contributed by atoms with Gasteiger partial charge in [0.1, 0.15) is 0 Å². The van der Waals surface area contributed by atoms with Gasteiger partial charge in [0.2, 0.25) is 5.91 Å². The van der Waals surface area contributed by atoms with E-state index in [1.165, 1.54) is 0 Å². The first-order chi connectivity index (χ1) is 9.28. The molecule has 5 nitrogen and oxygen atoms in total.